The van der Waals surface area contributed by atoms with Gasteiger partial charge in [0.2, 0.25) is 0 Å². The van der Waals surface area contributed by atoms with Gasteiger partial charge in [-0.3, -0.25) is 0 Å². The molecule has 2 aliphatic carbocycles. The van der Waals surface area contributed by atoms with Crippen molar-refractivity contribution < 1.29 is 0 Å². The van der Waals surface area contributed by atoms with Gasteiger partial charge >= 0.3 is 0 Å². The summed E-state index contributed by atoms with van der Waals surface area (Å²) < 4.78 is 0. The van der Waals surface area contributed by atoms with E-state index in [1.54, 1.807) is 0 Å². The molecule has 0 spiro atoms. The number of aryl methyl sites for hydroxylation is 1. The van der Waals surface area contributed by atoms with E-state index < -0.39 is 0 Å². The Bertz CT molecular complexity index is 447. The van der Waals surface area contributed by atoms with Crippen LogP contribution >= 0.6 is 0 Å². The third-order valence-corrected chi connectivity index (χ3v) is 5.79. The van der Waals surface area contributed by atoms with Crippen molar-refractivity contribution in [3.8, 4) is 0 Å². The van der Waals surface area contributed by atoms with Gasteiger partial charge in [-0.25, -0.2) is 0 Å². The Kier molecular flexibility index (Phi) is 4.69. The Labute approximate surface area is 130 Å². The number of rotatable bonds is 6. The second-order valence-corrected chi connectivity index (χ2v) is 7.84. The molecule has 0 amide bonds. The highest BCUT2D eigenvalue weighted by molar-refractivity contribution is 5.25. The van der Waals surface area contributed by atoms with Gasteiger partial charge in [0, 0.05) is 12.6 Å². The van der Waals surface area contributed by atoms with Gasteiger partial charge in [-0.1, -0.05) is 50.1 Å². The molecule has 4 atom stereocenters. The maximum Gasteiger partial charge on any atom is 0.00226 e. The van der Waals surface area contributed by atoms with Crippen molar-refractivity contribution in [2.24, 2.45) is 17.8 Å². The summed E-state index contributed by atoms with van der Waals surface area (Å²) in [6.45, 7) is 7.82. The summed E-state index contributed by atoms with van der Waals surface area (Å²) in [4.78, 5) is 0. The fraction of sp³-hybridized carbons (Fsp3) is 0.700. The minimum absolute atomic E-state index is 0.581. The summed E-state index contributed by atoms with van der Waals surface area (Å²) in [7, 11) is 0. The lowest BCUT2D eigenvalue weighted by Gasteiger charge is -2.28. The molecule has 21 heavy (non-hydrogen) atoms. The molecule has 1 N–H and O–H groups in total. The molecule has 0 aliphatic heterocycles. The number of hydrogen-bond donors (Lipinski definition) is 1. The molecule has 2 saturated carbocycles. The summed E-state index contributed by atoms with van der Waals surface area (Å²) in [6.07, 6.45) is 7.45. The zero-order chi connectivity index (χ0) is 14.8. The van der Waals surface area contributed by atoms with Crippen molar-refractivity contribution in [2.75, 3.05) is 6.54 Å². The highest BCUT2D eigenvalue weighted by Crippen LogP contribution is 2.51. The van der Waals surface area contributed by atoms with E-state index in [2.05, 4.69) is 50.4 Å². The monoisotopic (exact) mass is 285 g/mol. The zero-order valence-corrected chi connectivity index (χ0v) is 13.9. The Morgan fingerprint density at radius 3 is 2.43 bits per heavy atom. The van der Waals surface area contributed by atoms with Gasteiger partial charge in [0.1, 0.15) is 0 Å². The van der Waals surface area contributed by atoms with Crippen molar-refractivity contribution in [3.63, 3.8) is 0 Å². The lowest BCUT2D eigenvalue weighted by Crippen LogP contribution is -2.29. The lowest BCUT2D eigenvalue weighted by atomic mass is 9.80. The molecule has 116 valence electrons. The Hall–Kier alpha value is -0.820. The maximum absolute atomic E-state index is 3.68. The fourth-order valence-corrected chi connectivity index (χ4v) is 4.58. The van der Waals surface area contributed by atoms with Gasteiger partial charge in [-0.05, 0) is 61.8 Å². The van der Waals surface area contributed by atoms with Crippen LogP contribution in [-0.2, 0) is 0 Å². The first-order valence-electron chi connectivity index (χ1n) is 8.91. The number of nitrogens with one attached hydrogen (secondary N) is 1. The molecule has 1 nitrogen and oxygen atoms in total. The first kappa shape index (κ1) is 15.1. The fourth-order valence-electron chi connectivity index (χ4n) is 4.58. The van der Waals surface area contributed by atoms with Crippen LogP contribution in [0.4, 0.5) is 0 Å². The minimum Gasteiger partial charge on any atom is -0.314 e. The van der Waals surface area contributed by atoms with E-state index in [-0.39, 0.29) is 0 Å². The summed E-state index contributed by atoms with van der Waals surface area (Å²) in [5, 5.41) is 3.68. The number of benzene rings is 1. The first-order chi connectivity index (χ1) is 10.1. The van der Waals surface area contributed by atoms with Gasteiger partial charge < -0.3 is 5.32 Å². The molecule has 0 aromatic heterocycles. The smallest absolute Gasteiger partial charge is 0.00226 e. The minimum atomic E-state index is 0.581. The van der Waals surface area contributed by atoms with Crippen molar-refractivity contribution in [1.29, 1.82) is 0 Å². The molecule has 2 aliphatic rings. The zero-order valence-electron chi connectivity index (χ0n) is 13.9. The highest BCUT2D eigenvalue weighted by Gasteiger charge is 2.40. The highest BCUT2D eigenvalue weighted by atomic mass is 14.9. The van der Waals surface area contributed by atoms with Crippen molar-refractivity contribution in [2.45, 2.75) is 64.8 Å². The van der Waals surface area contributed by atoms with Crippen LogP contribution in [0.2, 0.25) is 0 Å². The van der Waals surface area contributed by atoms with Crippen LogP contribution < -0.4 is 5.32 Å². The van der Waals surface area contributed by atoms with E-state index in [4.69, 9.17) is 0 Å². The molecular weight excluding hydrogens is 254 g/mol. The average Bonchev–Trinajstić information content (AvgIpc) is 3.06. The third kappa shape index (κ3) is 3.69. The van der Waals surface area contributed by atoms with Crippen LogP contribution in [0.25, 0.3) is 0 Å². The SMILES string of the molecule is Cc1ccc(C(CNC(C)C)CC2CC3CCC2C3)cc1. The van der Waals surface area contributed by atoms with E-state index >= 15 is 0 Å². The molecule has 1 aromatic carbocycles. The molecule has 2 bridgehead atoms. The average molecular weight is 285 g/mol. The topological polar surface area (TPSA) is 12.0 Å². The number of hydrogen-bond acceptors (Lipinski definition) is 1. The number of fused-ring (bicyclic) bond motifs is 2. The van der Waals surface area contributed by atoms with E-state index in [0.29, 0.717) is 12.0 Å². The van der Waals surface area contributed by atoms with Gasteiger partial charge in [0.05, 0.1) is 0 Å². The molecule has 0 saturated heterocycles. The van der Waals surface area contributed by atoms with Crippen molar-refractivity contribution >= 4 is 0 Å². The molecule has 0 radical (unpaired) electrons. The van der Waals surface area contributed by atoms with Crippen LogP contribution in [0.5, 0.6) is 0 Å². The van der Waals surface area contributed by atoms with Gasteiger partial charge in [0.15, 0.2) is 0 Å². The molecule has 1 heteroatoms. The van der Waals surface area contributed by atoms with Gasteiger partial charge in [0.25, 0.3) is 0 Å². The third-order valence-electron chi connectivity index (χ3n) is 5.79. The molecule has 4 unspecified atom stereocenters. The molecule has 1 aromatic rings. The second kappa shape index (κ2) is 6.52. The maximum atomic E-state index is 3.68. The van der Waals surface area contributed by atoms with Crippen LogP contribution in [0, 0.1) is 24.7 Å². The largest absolute Gasteiger partial charge is 0.314 e. The van der Waals surface area contributed by atoms with Gasteiger partial charge in [-0.15, -0.1) is 0 Å². The Morgan fingerprint density at radius 2 is 1.86 bits per heavy atom. The van der Waals surface area contributed by atoms with Crippen LogP contribution in [-0.4, -0.2) is 12.6 Å². The predicted molar refractivity (Wildman–Crippen MR) is 90.6 cm³/mol. The Balaban J connectivity index is 1.68. The van der Waals surface area contributed by atoms with Crippen LogP contribution in [0.1, 0.15) is 63.0 Å². The van der Waals surface area contributed by atoms with Crippen molar-refractivity contribution in [3.05, 3.63) is 35.4 Å². The van der Waals surface area contributed by atoms with E-state index in [9.17, 15) is 0 Å². The van der Waals surface area contributed by atoms with Crippen molar-refractivity contribution in [1.82, 2.24) is 5.32 Å². The molecule has 0 heterocycles. The normalized spacial score (nSPS) is 29.2. The summed E-state index contributed by atoms with van der Waals surface area (Å²) >= 11 is 0. The summed E-state index contributed by atoms with van der Waals surface area (Å²) in [5.74, 6) is 3.79. The molecular formula is C20H31N. The lowest BCUT2D eigenvalue weighted by molar-refractivity contribution is 0.289. The predicted octanol–water partition coefficient (Wildman–Crippen LogP) is 4.90. The standard InChI is InChI=1S/C20H31N/c1-14(2)21-13-20(17-7-4-15(3)5-8-17)12-19-11-16-6-9-18(19)10-16/h4-5,7-8,14,16,18-21H,6,9-13H2,1-3H3. The Morgan fingerprint density at radius 1 is 1.10 bits per heavy atom. The molecule has 3 rings (SSSR count). The van der Waals surface area contributed by atoms with E-state index in [1.807, 2.05) is 0 Å². The van der Waals surface area contributed by atoms with E-state index in [0.717, 1.165) is 24.3 Å². The first-order valence-corrected chi connectivity index (χ1v) is 8.91. The second-order valence-electron chi connectivity index (χ2n) is 7.84. The summed E-state index contributed by atoms with van der Waals surface area (Å²) in [6, 6.07) is 9.85. The van der Waals surface area contributed by atoms with Crippen LogP contribution in [0.3, 0.4) is 0 Å². The molecule has 2 fully saturated rings. The quantitative estimate of drug-likeness (QED) is 0.783. The van der Waals surface area contributed by atoms with Gasteiger partial charge in [-0.2, -0.15) is 0 Å². The van der Waals surface area contributed by atoms with Crippen LogP contribution in [0.15, 0.2) is 24.3 Å². The summed E-state index contributed by atoms with van der Waals surface area (Å²) in [5.41, 5.74) is 2.91. The van der Waals surface area contributed by atoms with E-state index in [1.165, 1.54) is 43.2 Å².